The third kappa shape index (κ3) is 10.5. The van der Waals surface area contributed by atoms with Crippen molar-refractivity contribution in [2.75, 3.05) is 33.4 Å². The van der Waals surface area contributed by atoms with Gasteiger partial charge in [0.25, 0.3) is 0 Å². The molecule has 0 aromatic rings. The maximum atomic E-state index is 11.7. The minimum atomic E-state index is -0.210. The lowest BCUT2D eigenvalue weighted by Crippen LogP contribution is -2.39. The molecule has 0 radical (unpaired) electrons. The molecule has 0 aromatic carbocycles. The molecule has 0 fully saturated rings. The average Bonchev–Trinajstić information content (AvgIpc) is 2.35. The smallest absolute Gasteiger partial charge is 0.239 e. The summed E-state index contributed by atoms with van der Waals surface area (Å²) in [6.07, 6.45) is 1.30. The molecule has 1 unspecified atom stereocenters. The van der Waals surface area contributed by atoms with Crippen LogP contribution in [0.5, 0.6) is 0 Å². The van der Waals surface area contributed by atoms with Crippen LogP contribution in [0, 0.1) is 11.8 Å². The largest absolute Gasteiger partial charge is 0.383 e. The second-order valence-electron chi connectivity index (χ2n) is 5.05. The maximum absolute atomic E-state index is 11.7. The highest BCUT2D eigenvalue weighted by Gasteiger charge is 2.14. The van der Waals surface area contributed by atoms with E-state index in [9.17, 15) is 9.59 Å². The normalized spacial score (nSPS) is 12.3. The Morgan fingerprint density at radius 2 is 1.89 bits per heavy atom. The first-order valence-corrected chi connectivity index (χ1v) is 6.72. The molecule has 112 valence electrons. The minimum Gasteiger partial charge on any atom is -0.383 e. The molecule has 0 rings (SSSR count). The van der Waals surface area contributed by atoms with Crippen molar-refractivity contribution in [1.29, 1.82) is 0 Å². The highest BCUT2D eigenvalue weighted by molar-refractivity contribution is 5.84. The Bertz CT molecular complexity index is 270. The summed E-state index contributed by atoms with van der Waals surface area (Å²) in [6.45, 7) is 5.61. The van der Waals surface area contributed by atoms with Gasteiger partial charge < -0.3 is 21.1 Å². The third-order valence-corrected chi connectivity index (χ3v) is 2.69. The predicted molar refractivity (Wildman–Crippen MR) is 74.5 cm³/mol. The molecule has 0 saturated heterocycles. The standard InChI is InChI=1S/C13H27N3O3/c1-10(2)6-11(8-14)7-12(17)16-9-13(18)15-4-5-19-3/h10-11H,4-9,14H2,1-3H3,(H,15,18)(H,16,17). The summed E-state index contributed by atoms with van der Waals surface area (Å²) in [6, 6.07) is 0. The van der Waals surface area contributed by atoms with Crippen LogP contribution in [0.25, 0.3) is 0 Å². The summed E-state index contributed by atoms with van der Waals surface area (Å²) in [4.78, 5) is 23.0. The summed E-state index contributed by atoms with van der Waals surface area (Å²) in [5.41, 5.74) is 5.63. The van der Waals surface area contributed by atoms with E-state index in [1.807, 2.05) is 0 Å². The summed E-state index contributed by atoms with van der Waals surface area (Å²) in [5, 5.41) is 5.24. The first-order chi connectivity index (χ1) is 8.99. The number of carbonyl (C=O) groups excluding carboxylic acids is 2. The molecular weight excluding hydrogens is 246 g/mol. The van der Waals surface area contributed by atoms with E-state index in [4.69, 9.17) is 10.5 Å². The van der Waals surface area contributed by atoms with Crippen molar-refractivity contribution in [3.8, 4) is 0 Å². The predicted octanol–water partition coefficient (Wildman–Crippen LogP) is -0.124. The van der Waals surface area contributed by atoms with Gasteiger partial charge >= 0.3 is 0 Å². The zero-order chi connectivity index (χ0) is 14.7. The summed E-state index contributed by atoms with van der Waals surface area (Å²) >= 11 is 0. The van der Waals surface area contributed by atoms with E-state index in [1.54, 1.807) is 7.11 Å². The number of carbonyl (C=O) groups is 2. The van der Waals surface area contributed by atoms with E-state index in [2.05, 4.69) is 24.5 Å². The Balaban J connectivity index is 3.81. The summed E-state index contributed by atoms with van der Waals surface area (Å²) < 4.78 is 4.81. The van der Waals surface area contributed by atoms with Gasteiger partial charge in [-0.25, -0.2) is 0 Å². The van der Waals surface area contributed by atoms with Crippen LogP contribution in [0.1, 0.15) is 26.7 Å². The minimum absolute atomic E-state index is 0.00151. The van der Waals surface area contributed by atoms with Gasteiger partial charge in [-0.3, -0.25) is 9.59 Å². The summed E-state index contributed by atoms with van der Waals surface area (Å²) in [5.74, 6) is 0.354. The quantitative estimate of drug-likeness (QED) is 0.484. The molecule has 1 atom stereocenters. The van der Waals surface area contributed by atoms with Gasteiger partial charge in [0.1, 0.15) is 0 Å². The van der Waals surface area contributed by atoms with Gasteiger partial charge in [0.05, 0.1) is 13.2 Å². The van der Waals surface area contributed by atoms with E-state index in [0.29, 0.717) is 32.0 Å². The van der Waals surface area contributed by atoms with Crippen molar-refractivity contribution in [1.82, 2.24) is 10.6 Å². The Labute approximate surface area is 115 Å². The monoisotopic (exact) mass is 273 g/mol. The van der Waals surface area contributed by atoms with Gasteiger partial charge in [-0.1, -0.05) is 13.8 Å². The Morgan fingerprint density at radius 3 is 2.42 bits per heavy atom. The second kappa shape index (κ2) is 10.8. The Hall–Kier alpha value is -1.14. The number of nitrogens with one attached hydrogen (secondary N) is 2. The fourth-order valence-electron chi connectivity index (χ4n) is 1.80. The van der Waals surface area contributed by atoms with Crippen LogP contribution >= 0.6 is 0 Å². The number of hydrogen-bond donors (Lipinski definition) is 3. The first-order valence-electron chi connectivity index (χ1n) is 6.72. The fourth-order valence-corrected chi connectivity index (χ4v) is 1.80. The highest BCUT2D eigenvalue weighted by atomic mass is 16.5. The molecule has 4 N–H and O–H groups in total. The number of rotatable bonds is 10. The lowest BCUT2D eigenvalue weighted by Gasteiger charge is -2.16. The van der Waals surface area contributed by atoms with Crippen molar-refractivity contribution in [2.24, 2.45) is 17.6 Å². The van der Waals surface area contributed by atoms with Gasteiger partial charge in [0, 0.05) is 20.1 Å². The first kappa shape index (κ1) is 17.9. The highest BCUT2D eigenvalue weighted by Crippen LogP contribution is 2.13. The van der Waals surface area contributed by atoms with Crippen LogP contribution in [0.15, 0.2) is 0 Å². The van der Waals surface area contributed by atoms with Gasteiger partial charge in [0.2, 0.25) is 11.8 Å². The number of methoxy groups -OCH3 is 1. The van der Waals surface area contributed by atoms with Crippen LogP contribution in [0.3, 0.4) is 0 Å². The van der Waals surface area contributed by atoms with Gasteiger partial charge in [-0.2, -0.15) is 0 Å². The lowest BCUT2D eigenvalue weighted by atomic mass is 9.94. The van der Waals surface area contributed by atoms with Crippen LogP contribution in [0.2, 0.25) is 0 Å². The van der Waals surface area contributed by atoms with Gasteiger partial charge in [-0.15, -0.1) is 0 Å². The van der Waals surface area contributed by atoms with Gasteiger partial charge in [0.15, 0.2) is 0 Å². The van der Waals surface area contributed by atoms with E-state index in [1.165, 1.54) is 0 Å². The molecule has 19 heavy (non-hydrogen) atoms. The molecule has 0 aromatic heterocycles. The number of amides is 2. The SMILES string of the molecule is COCCNC(=O)CNC(=O)CC(CN)CC(C)C. The van der Waals surface area contributed by atoms with Crippen LogP contribution < -0.4 is 16.4 Å². The average molecular weight is 273 g/mol. The zero-order valence-corrected chi connectivity index (χ0v) is 12.2. The molecule has 0 saturated carbocycles. The van der Waals surface area contributed by atoms with E-state index < -0.39 is 0 Å². The lowest BCUT2D eigenvalue weighted by molar-refractivity contribution is -0.126. The summed E-state index contributed by atoms with van der Waals surface area (Å²) in [7, 11) is 1.57. The molecule has 0 spiro atoms. The molecule has 6 nitrogen and oxygen atoms in total. The third-order valence-electron chi connectivity index (χ3n) is 2.69. The molecule has 0 aliphatic heterocycles. The van der Waals surface area contributed by atoms with Crippen molar-refractivity contribution >= 4 is 11.8 Å². The fraction of sp³-hybridized carbons (Fsp3) is 0.846. The molecule has 0 bridgehead atoms. The molecular formula is C13H27N3O3. The molecule has 0 aliphatic carbocycles. The number of nitrogens with two attached hydrogens (primary N) is 1. The van der Waals surface area contributed by atoms with Crippen molar-refractivity contribution < 1.29 is 14.3 Å². The van der Waals surface area contributed by atoms with Crippen LogP contribution in [-0.2, 0) is 14.3 Å². The molecule has 0 heterocycles. The van der Waals surface area contributed by atoms with Crippen LogP contribution in [-0.4, -0.2) is 45.2 Å². The number of ether oxygens (including phenoxy) is 1. The molecule has 2 amide bonds. The topological polar surface area (TPSA) is 93.5 Å². The Kier molecular flexibility index (Phi) is 10.1. The second-order valence-corrected chi connectivity index (χ2v) is 5.05. The Morgan fingerprint density at radius 1 is 1.21 bits per heavy atom. The van der Waals surface area contributed by atoms with E-state index in [-0.39, 0.29) is 24.3 Å². The zero-order valence-electron chi connectivity index (χ0n) is 12.2. The van der Waals surface area contributed by atoms with E-state index in [0.717, 1.165) is 6.42 Å². The van der Waals surface area contributed by atoms with Gasteiger partial charge in [-0.05, 0) is 24.8 Å². The van der Waals surface area contributed by atoms with Crippen molar-refractivity contribution in [3.05, 3.63) is 0 Å². The van der Waals surface area contributed by atoms with Crippen molar-refractivity contribution in [2.45, 2.75) is 26.7 Å². The molecule has 0 aliphatic rings. The van der Waals surface area contributed by atoms with E-state index >= 15 is 0 Å². The molecule has 6 heteroatoms. The maximum Gasteiger partial charge on any atom is 0.239 e. The number of hydrogen-bond acceptors (Lipinski definition) is 4. The van der Waals surface area contributed by atoms with Crippen LogP contribution in [0.4, 0.5) is 0 Å². The van der Waals surface area contributed by atoms with Crippen molar-refractivity contribution in [3.63, 3.8) is 0 Å².